The summed E-state index contributed by atoms with van der Waals surface area (Å²) in [5.74, 6) is 1.12. The van der Waals surface area contributed by atoms with Gasteiger partial charge in [0.2, 0.25) is 5.91 Å². The zero-order chi connectivity index (χ0) is 29.8. The molecule has 2 aromatic carbocycles. The standard InChI is InChI=1S/C34H44N4O5/c1-42-28-4-2-3-25(21-28)5-8-33(40)38-15-11-34(41,12-16-38)32(39)24-36-13-9-26(10-14-36)30-23-35-31-7-6-27(22-29(30)31)37-17-19-43-20-18-37/h2-8,21-23,26,32,35,39,41H,9-20,24H2,1H3. The normalized spacial score (nSPS) is 21.0. The minimum atomic E-state index is -1.18. The van der Waals surface area contributed by atoms with Gasteiger partial charge in [0.05, 0.1) is 32.0 Å². The predicted octanol–water partition coefficient (Wildman–Crippen LogP) is 3.62. The monoisotopic (exact) mass is 588 g/mol. The number of fused-ring (bicyclic) bond motifs is 1. The van der Waals surface area contributed by atoms with Gasteiger partial charge in [-0.3, -0.25) is 4.79 Å². The van der Waals surface area contributed by atoms with E-state index >= 15 is 0 Å². The predicted molar refractivity (Wildman–Crippen MR) is 169 cm³/mol. The average molecular weight is 589 g/mol. The van der Waals surface area contributed by atoms with Crippen molar-refractivity contribution in [2.75, 3.05) is 71.0 Å². The highest BCUT2D eigenvalue weighted by Crippen LogP contribution is 2.36. The van der Waals surface area contributed by atoms with Crippen LogP contribution in [-0.2, 0) is 9.53 Å². The third-order valence-electron chi connectivity index (χ3n) is 9.61. The Balaban J connectivity index is 0.992. The number of amides is 1. The molecule has 0 bridgehead atoms. The number of aromatic amines is 1. The number of piperidine rings is 2. The van der Waals surface area contributed by atoms with Gasteiger partial charge >= 0.3 is 0 Å². The molecular formula is C34H44N4O5. The van der Waals surface area contributed by atoms with Crippen LogP contribution in [0.4, 0.5) is 5.69 Å². The van der Waals surface area contributed by atoms with E-state index < -0.39 is 11.7 Å². The van der Waals surface area contributed by atoms with Gasteiger partial charge in [-0.1, -0.05) is 12.1 Å². The molecule has 1 amide bonds. The van der Waals surface area contributed by atoms with Crippen LogP contribution in [0.1, 0.15) is 42.7 Å². The molecule has 1 unspecified atom stereocenters. The zero-order valence-electron chi connectivity index (χ0n) is 25.1. The molecule has 9 nitrogen and oxygen atoms in total. The minimum Gasteiger partial charge on any atom is -0.497 e. The zero-order valence-corrected chi connectivity index (χ0v) is 25.1. The van der Waals surface area contributed by atoms with Gasteiger partial charge in [-0.15, -0.1) is 0 Å². The maximum atomic E-state index is 12.8. The maximum Gasteiger partial charge on any atom is 0.246 e. The highest BCUT2D eigenvalue weighted by atomic mass is 16.5. The summed E-state index contributed by atoms with van der Waals surface area (Å²) < 4.78 is 10.8. The van der Waals surface area contributed by atoms with Crippen LogP contribution in [0.15, 0.2) is 54.7 Å². The summed E-state index contributed by atoms with van der Waals surface area (Å²) in [5.41, 5.74) is 3.51. The number of benzene rings is 2. The summed E-state index contributed by atoms with van der Waals surface area (Å²) in [6.07, 6.45) is 7.43. The van der Waals surface area contributed by atoms with E-state index in [-0.39, 0.29) is 5.91 Å². The van der Waals surface area contributed by atoms with Crippen molar-refractivity contribution in [3.05, 3.63) is 65.9 Å². The molecule has 6 rings (SSSR count). The van der Waals surface area contributed by atoms with Gasteiger partial charge in [-0.2, -0.15) is 0 Å². The molecule has 3 aliphatic heterocycles. The van der Waals surface area contributed by atoms with E-state index in [1.54, 1.807) is 24.2 Å². The number of ether oxygens (including phenoxy) is 2. The van der Waals surface area contributed by atoms with Crippen molar-refractivity contribution in [3.8, 4) is 5.75 Å². The van der Waals surface area contributed by atoms with Crippen LogP contribution in [0.3, 0.4) is 0 Å². The second-order valence-electron chi connectivity index (χ2n) is 12.2. The molecule has 43 heavy (non-hydrogen) atoms. The first-order valence-corrected chi connectivity index (χ1v) is 15.6. The second kappa shape index (κ2) is 13.1. The third-order valence-corrected chi connectivity index (χ3v) is 9.61. The number of morpholine rings is 1. The van der Waals surface area contributed by atoms with E-state index in [0.29, 0.717) is 38.4 Å². The molecule has 0 saturated carbocycles. The molecule has 0 radical (unpaired) electrons. The number of β-amino-alcohol motifs (C(OH)–C–C–N with tert-alkyl or cyclic N) is 1. The first-order chi connectivity index (χ1) is 20.9. The number of nitrogens with zero attached hydrogens (tertiary/aromatic N) is 3. The SMILES string of the molecule is COc1cccc(C=CC(=O)N2CCC(O)(C(O)CN3CCC(c4c[nH]c5ccc(N6CCOCC6)cc45)CC3)CC2)c1. The van der Waals surface area contributed by atoms with Gasteiger partial charge < -0.3 is 39.4 Å². The number of aliphatic hydroxyl groups excluding tert-OH is 1. The number of carbonyl (C=O) groups is 1. The molecule has 3 aliphatic rings. The lowest BCUT2D eigenvalue weighted by molar-refractivity contribution is -0.140. The van der Waals surface area contributed by atoms with Gasteiger partial charge in [0.15, 0.2) is 0 Å². The Hall–Kier alpha value is -3.37. The second-order valence-corrected chi connectivity index (χ2v) is 12.2. The number of carbonyl (C=O) groups excluding carboxylic acids is 1. The summed E-state index contributed by atoms with van der Waals surface area (Å²) in [6.45, 7) is 6.45. The van der Waals surface area contributed by atoms with Gasteiger partial charge in [0.25, 0.3) is 0 Å². The van der Waals surface area contributed by atoms with Crippen LogP contribution in [0.25, 0.3) is 17.0 Å². The molecule has 3 saturated heterocycles. The highest BCUT2D eigenvalue weighted by Gasteiger charge is 2.40. The highest BCUT2D eigenvalue weighted by molar-refractivity contribution is 5.92. The Kier molecular flexibility index (Phi) is 9.04. The van der Waals surface area contributed by atoms with Crippen LogP contribution < -0.4 is 9.64 Å². The van der Waals surface area contributed by atoms with Crippen LogP contribution >= 0.6 is 0 Å². The number of likely N-dealkylation sites (tertiary alicyclic amines) is 2. The summed E-state index contributed by atoms with van der Waals surface area (Å²) in [7, 11) is 1.62. The Bertz CT molecular complexity index is 1420. The van der Waals surface area contributed by atoms with E-state index in [1.807, 2.05) is 24.3 Å². The van der Waals surface area contributed by atoms with Gasteiger partial charge in [0.1, 0.15) is 5.75 Å². The number of aliphatic hydroxyl groups is 2. The molecule has 4 heterocycles. The van der Waals surface area contributed by atoms with E-state index in [2.05, 4.69) is 39.2 Å². The molecule has 0 aliphatic carbocycles. The first kappa shape index (κ1) is 29.7. The molecule has 3 fully saturated rings. The van der Waals surface area contributed by atoms with E-state index in [9.17, 15) is 15.0 Å². The van der Waals surface area contributed by atoms with Crippen molar-refractivity contribution in [1.82, 2.24) is 14.8 Å². The van der Waals surface area contributed by atoms with E-state index in [4.69, 9.17) is 9.47 Å². The molecule has 230 valence electrons. The fourth-order valence-electron chi connectivity index (χ4n) is 6.79. The first-order valence-electron chi connectivity index (χ1n) is 15.6. The van der Waals surface area contributed by atoms with Crippen molar-refractivity contribution in [2.45, 2.75) is 43.3 Å². The molecular weight excluding hydrogens is 544 g/mol. The Morgan fingerprint density at radius 3 is 2.60 bits per heavy atom. The van der Waals surface area contributed by atoms with Crippen molar-refractivity contribution in [2.24, 2.45) is 0 Å². The van der Waals surface area contributed by atoms with E-state index in [0.717, 1.165) is 63.5 Å². The molecule has 1 atom stereocenters. The number of rotatable bonds is 8. The molecule has 9 heteroatoms. The number of anilines is 1. The molecule has 0 spiro atoms. The molecule has 3 N–H and O–H groups in total. The lowest BCUT2D eigenvalue weighted by Crippen LogP contribution is -2.56. The number of methoxy groups -OCH3 is 1. The lowest BCUT2D eigenvalue weighted by Gasteiger charge is -2.43. The maximum absolute atomic E-state index is 12.8. The van der Waals surface area contributed by atoms with Gasteiger partial charge in [-0.05, 0) is 92.2 Å². The fourth-order valence-corrected chi connectivity index (χ4v) is 6.79. The molecule has 3 aromatic rings. The Morgan fingerprint density at radius 2 is 1.86 bits per heavy atom. The quantitative estimate of drug-likeness (QED) is 0.346. The summed E-state index contributed by atoms with van der Waals surface area (Å²) in [4.78, 5) is 22.7. The number of H-pyrrole nitrogens is 1. The minimum absolute atomic E-state index is 0.0872. The summed E-state index contributed by atoms with van der Waals surface area (Å²) in [6, 6.07) is 14.3. The number of nitrogens with one attached hydrogen (secondary N) is 1. The number of hydrogen-bond acceptors (Lipinski definition) is 7. The molecule has 1 aromatic heterocycles. The average Bonchev–Trinajstić information content (AvgIpc) is 3.48. The summed E-state index contributed by atoms with van der Waals surface area (Å²) >= 11 is 0. The van der Waals surface area contributed by atoms with Crippen LogP contribution in [0.5, 0.6) is 5.75 Å². The summed E-state index contributed by atoms with van der Waals surface area (Å²) in [5, 5.41) is 23.7. The Morgan fingerprint density at radius 1 is 1.09 bits per heavy atom. The Labute approximate surface area is 253 Å². The van der Waals surface area contributed by atoms with E-state index in [1.165, 1.54) is 22.2 Å². The van der Waals surface area contributed by atoms with Crippen LogP contribution in [0.2, 0.25) is 0 Å². The van der Waals surface area contributed by atoms with Crippen LogP contribution in [0, 0.1) is 0 Å². The lowest BCUT2D eigenvalue weighted by atomic mass is 9.84. The fraction of sp³-hybridized carbons (Fsp3) is 0.500. The van der Waals surface area contributed by atoms with Crippen molar-refractivity contribution in [1.29, 1.82) is 0 Å². The van der Waals surface area contributed by atoms with Crippen LogP contribution in [-0.4, -0.2) is 109 Å². The van der Waals surface area contributed by atoms with Crippen molar-refractivity contribution >= 4 is 28.6 Å². The van der Waals surface area contributed by atoms with Crippen molar-refractivity contribution in [3.63, 3.8) is 0 Å². The number of aromatic nitrogens is 1. The van der Waals surface area contributed by atoms with Gasteiger partial charge in [-0.25, -0.2) is 0 Å². The smallest absolute Gasteiger partial charge is 0.246 e. The third kappa shape index (κ3) is 6.75. The van der Waals surface area contributed by atoms with Gasteiger partial charge in [0, 0.05) is 61.6 Å². The van der Waals surface area contributed by atoms with Crippen molar-refractivity contribution < 1.29 is 24.5 Å². The largest absolute Gasteiger partial charge is 0.497 e. The number of hydrogen-bond donors (Lipinski definition) is 3. The topological polar surface area (TPSA) is 102 Å².